The maximum Gasteiger partial charge on any atom is 0.240 e. The van der Waals surface area contributed by atoms with E-state index in [0.29, 0.717) is 23.1 Å². The molecule has 2 aromatic heterocycles. The number of aryl methyl sites for hydroxylation is 1. The highest BCUT2D eigenvalue weighted by Gasteiger charge is 2.08. The number of rotatable bonds is 2. The van der Waals surface area contributed by atoms with Gasteiger partial charge in [-0.15, -0.1) is 5.10 Å². The number of nitrogen functional groups attached to an aromatic ring is 1. The van der Waals surface area contributed by atoms with Gasteiger partial charge in [0, 0.05) is 11.8 Å². The molecular weight excluding hydrogens is 194 g/mol. The quantitative estimate of drug-likeness (QED) is 0.768. The maximum atomic E-state index is 5.62. The number of nitrogens with one attached hydrogen (secondary N) is 1. The van der Waals surface area contributed by atoms with Gasteiger partial charge < -0.3 is 10.5 Å². The molecular formula is C9H11N5O. The van der Waals surface area contributed by atoms with E-state index in [4.69, 9.17) is 10.5 Å². The number of anilines is 1. The van der Waals surface area contributed by atoms with E-state index in [2.05, 4.69) is 20.2 Å². The molecule has 0 saturated heterocycles. The Hall–Kier alpha value is -2.11. The lowest BCUT2D eigenvalue weighted by Gasteiger charge is -2.04. The first kappa shape index (κ1) is 9.45. The molecule has 0 radical (unpaired) electrons. The molecule has 0 fully saturated rings. The fraction of sp³-hybridized carbons (Fsp3) is 0.222. The van der Waals surface area contributed by atoms with Gasteiger partial charge in [0.05, 0.1) is 5.56 Å². The monoisotopic (exact) mass is 205 g/mol. The van der Waals surface area contributed by atoms with Crippen LogP contribution in [0.25, 0.3) is 0 Å². The molecule has 6 nitrogen and oxygen atoms in total. The number of ether oxygens (including phenoxy) is 1. The number of nitrogens with two attached hydrogens (primary N) is 1. The Bertz CT molecular complexity index is 479. The van der Waals surface area contributed by atoms with E-state index < -0.39 is 0 Å². The zero-order valence-corrected chi connectivity index (χ0v) is 8.48. The average Bonchev–Trinajstić information content (AvgIpc) is 2.59. The fourth-order valence-corrected chi connectivity index (χ4v) is 1.09. The second-order valence-electron chi connectivity index (χ2n) is 3.18. The van der Waals surface area contributed by atoms with E-state index in [1.54, 1.807) is 13.0 Å². The van der Waals surface area contributed by atoms with Gasteiger partial charge in [0.25, 0.3) is 0 Å². The van der Waals surface area contributed by atoms with Crippen molar-refractivity contribution in [2.75, 3.05) is 5.73 Å². The summed E-state index contributed by atoms with van der Waals surface area (Å²) in [6.45, 7) is 3.69. The molecule has 2 heterocycles. The molecule has 0 bridgehead atoms. The lowest BCUT2D eigenvalue weighted by molar-refractivity contribution is 0.439. The predicted octanol–water partition coefficient (Wildman–Crippen LogP) is 1.19. The second-order valence-corrected chi connectivity index (χ2v) is 3.18. The maximum absolute atomic E-state index is 5.62. The van der Waals surface area contributed by atoms with E-state index >= 15 is 0 Å². The summed E-state index contributed by atoms with van der Waals surface area (Å²) in [6.07, 6.45) is 1.36. The molecule has 0 amide bonds. The molecule has 0 aliphatic heterocycles. The molecule has 0 unspecified atom stereocenters. The molecule has 2 aromatic rings. The molecule has 3 N–H and O–H groups in total. The molecule has 6 heteroatoms. The van der Waals surface area contributed by atoms with Crippen molar-refractivity contribution in [1.82, 2.24) is 20.2 Å². The Labute approximate surface area is 86.5 Å². The minimum atomic E-state index is 0.409. The highest BCUT2D eigenvalue weighted by atomic mass is 16.5. The Morgan fingerprint density at radius 3 is 2.80 bits per heavy atom. The summed E-state index contributed by atoms with van der Waals surface area (Å²) in [5.41, 5.74) is 7.25. The standard InChI is InChI=1S/C9H11N5O/c1-5-3-7(14-13-5)15-9-6(2)8(10)11-4-12-9/h3-4H,1-2H3,(H,13,14)(H2,10,11,12). The SMILES string of the molecule is Cc1cc(Oc2ncnc(N)c2C)n[nH]1. The van der Waals surface area contributed by atoms with Crippen LogP contribution in [-0.2, 0) is 0 Å². The van der Waals surface area contributed by atoms with Gasteiger partial charge in [-0.25, -0.2) is 9.97 Å². The van der Waals surface area contributed by atoms with Crippen LogP contribution in [0.1, 0.15) is 11.3 Å². The molecule has 0 saturated carbocycles. The molecule has 2 rings (SSSR count). The lowest BCUT2D eigenvalue weighted by Crippen LogP contribution is -1.99. The van der Waals surface area contributed by atoms with Crippen LogP contribution in [0.15, 0.2) is 12.4 Å². The van der Waals surface area contributed by atoms with E-state index in [-0.39, 0.29) is 0 Å². The first-order valence-electron chi connectivity index (χ1n) is 4.44. The average molecular weight is 205 g/mol. The van der Waals surface area contributed by atoms with Gasteiger partial charge in [-0.3, -0.25) is 5.10 Å². The van der Waals surface area contributed by atoms with Gasteiger partial charge in [0.15, 0.2) is 0 Å². The summed E-state index contributed by atoms with van der Waals surface area (Å²) in [4.78, 5) is 7.82. The first-order valence-corrected chi connectivity index (χ1v) is 4.44. The number of nitrogens with zero attached hydrogens (tertiary/aromatic N) is 3. The van der Waals surface area contributed by atoms with Gasteiger partial charge in [0.2, 0.25) is 11.8 Å². The molecule has 0 aliphatic rings. The van der Waals surface area contributed by atoms with Crippen molar-refractivity contribution in [2.24, 2.45) is 0 Å². The van der Waals surface area contributed by atoms with Crippen molar-refractivity contribution < 1.29 is 4.74 Å². The Morgan fingerprint density at radius 2 is 2.13 bits per heavy atom. The summed E-state index contributed by atoms with van der Waals surface area (Å²) >= 11 is 0. The molecule has 0 aliphatic carbocycles. The Kier molecular flexibility index (Phi) is 2.24. The number of aromatic amines is 1. The van der Waals surface area contributed by atoms with E-state index in [1.807, 2.05) is 6.92 Å². The number of hydrogen-bond acceptors (Lipinski definition) is 5. The highest BCUT2D eigenvalue weighted by molar-refractivity contribution is 5.44. The van der Waals surface area contributed by atoms with Crippen LogP contribution in [0.2, 0.25) is 0 Å². The minimum Gasteiger partial charge on any atom is -0.419 e. The van der Waals surface area contributed by atoms with Gasteiger partial charge in [0.1, 0.15) is 12.1 Å². The Balaban J connectivity index is 2.28. The van der Waals surface area contributed by atoms with E-state index in [1.165, 1.54) is 6.33 Å². The van der Waals surface area contributed by atoms with Gasteiger partial charge in [-0.1, -0.05) is 0 Å². The van der Waals surface area contributed by atoms with Gasteiger partial charge in [-0.05, 0) is 13.8 Å². The molecule has 0 atom stereocenters. The highest BCUT2D eigenvalue weighted by Crippen LogP contribution is 2.23. The lowest BCUT2D eigenvalue weighted by atomic mass is 10.3. The number of aromatic nitrogens is 4. The van der Waals surface area contributed by atoms with Crippen LogP contribution >= 0.6 is 0 Å². The molecule has 0 spiro atoms. The van der Waals surface area contributed by atoms with Crippen molar-refractivity contribution in [3.05, 3.63) is 23.7 Å². The fourth-order valence-electron chi connectivity index (χ4n) is 1.09. The summed E-state index contributed by atoms with van der Waals surface area (Å²) in [5, 5.41) is 6.71. The number of hydrogen-bond donors (Lipinski definition) is 2. The third-order valence-electron chi connectivity index (χ3n) is 1.96. The molecule has 15 heavy (non-hydrogen) atoms. The van der Waals surface area contributed by atoms with Crippen molar-refractivity contribution >= 4 is 5.82 Å². The normalized spacial score (nSPS) is 10.3. The summed E-state index contributed by atoms with van der Waals surface area (Å²) in [7, 11) is 0. The minimum absolute atomic E-state index is 0.409. The first-order chi connectivity index (χ1) is 7.16. The Morgan fingerprint density at radius 1 is 1.33 bits per heavy atom. The third kappa shape index (κ3) is 1.88. The van der Waals surface area contributed by atoms with Gasteiger partial charge >= 0.3 is 0 Å². The van der Waals surface area contributed by atoms with Crippen molar-refractivity contribution in [1.29, 1.82) is 0 Å². The van der Waals surface area contributed by atoms with Gasteiger partial charge in [-0.2, -0.15) is 0 Å². The topological polar surface area (TPSA) is 89.7 Å². The third-order valence-corrected chi connectivity index (χ3v) is 1.96. The summed E-state index contributed by atoms with van der Waals surface area (Å²) in [6, 6.07) is 1.78. The zero-order valence-electron chi connectivity index (χ0n) is 8.48. The summed E-state index contributed by atoms with van der Waals surface area (Å²) < 4.78 is 5.44. The number of H-pyrrole nitrogens is 1. The second kappa shape index (κ2) is 3.56. The van der Waals surface area contributed by atoms with Crippen molar-refractivity contribution in [3.8, 4) is 11.8 Å². The van der Waals surface area contributed by atoms with Crippen LogP contribution in [0.5, 0.6) is 11.8 Å². The zero-order chi connectivity index (χ0) is 10.8. The van der Waals surface area contributed by atoms with E-state index in [0.717, 1.165) is 5.69 Å². The molecule has 78 valence electrons. The van der Waals surface area contributed by atoms with Crippen molar-refractivity contribution in [2.45, 2.75) is 13.8 Å². The van der Waals surface area contributed by atoms with Crippen LogP contribution in [-0.4, -0.2) is 20.2 Å². The van der Waals surface area contributed by atoms with Crippen molar-refractivity contribution in [3.63, 3.8) is 0 Å². The summed E-state index contributed by atoms with van der Waals surface area (Å²) in [5.74, 6) is 1.30. The molecule has 0 aromatic carbocycles. The smallest absolute Gasteiger partial charge is 0.240 e. The van der Waals surface area contributed by atoms with Crippen LogP contribution < -0.4 is 10.5 Å². The predicted molar refractivity (Wildman–Crippen MR) is 54.6 cm³/mol. The van der Waals surface area contributed by atoms with E-state index in [9.17, 15) is 0 Å². The van der Waals surface area contributed by atoms with Crippen LogP contribution in [0.3, 0.4) is 0 Å². The van der Waals surface area contributed by atoms with Crippen LogP contribution in [0.4, 0.5) is 5.82 Å². The largest absolute Gasteiger partial charge is 0.419 e. The van der Waals surface area contributed by atoms with Crippen LogP contribution in [0, 0.1) is 13.8 Å².